The predicted molar refractivity (Wildman–Crippen MR) is 75.5 cm³/mol. The molecule has 1 aliphatic rings. The lowest BCUT2D eigenvalue weighted by Crippen LogP contribution is -2.43. The highest BCUT2D eigenvalue weighted by Crippen LogP contribution is 2.31. The first-order chi connectivity index (χ1) is 8.43. The van der Waals surface area contributed by atoms with Crippen LogP contribution in [-0.4, -0.2) is 41.4 Å². The first kappa shape index (κ1) is 14.3. The SMILES string of the molecule is CC1CN(S(=O)(=O)c2ccc(CO)s2)CC(C)S1. The first-order valence-electron chi connectivity index (χ1n) is 5.78. The van der Waals surface area contributed by atoms with Gasteiger partial charge in [0, 0.05) is 28.5 Å². The molecule has 2 unspecified atom stereocenters. The quantitative estimate of drug-likeness (QED) is 0.924. The summed E-state index contributed by atoms with van der Waals surface area (Å²) in [4.78, 5) is 0.682. The Morgan fingerprint density at radius 1 is 1.33 bits per heavy atom. The molecule has 1 saturated heterocycles. The van der Waals surface area contributed by atoms with Crippen LogP contribution in [0.1, 0.15) is 18.7 Å². The number of thiophene rings is 1. The second-order valence-corrected chi connectivity index (χ2v) is 9.67. The van der Waals surface area contributed by atoms with Gasteiger partial charge in [-0.2, -0.15) is 16.1 Å². The van der Waals surface area contributed by atoms with Gasteiger partial charge in [-0.05, 0) is 12.1 Å². The van der Waals surface area contributed by atoms with E-state index in [1.165, 1.54) is 0 Å². The van der Waals surface area contributed by atoms with Crippen molar-refractivity contribution in [1.29, 1.82) is 0 Å². The summed E-state index contributed by atoms with van der Waals surface area (Å²) in [7, 11) is -3.39. The van der Waals surface area contributed by atoms with Crippen LogP contribution in [0.25, 0.3) is 0 Å². The van der Waals surface area contributed by atoms with Gasteiger partial charge >= 0.3 is 0 Å². The third-order valence-corrected chi connectivity index (χ3v) is 7.37. The van der Waals surface area contributed by atoms with Crippen LogP contribution < -0.4 is 0 Å². The van der Waals surface area contributed by atoms with Gasteiger partial charge in [0.2, 0.25) is 0 Å². The molecule has 2 heterocycles. The van der Waals surface area contributed by atoms with Gasteiger partial charge in [-0.3, -0.25) is 0 Å². The Morgan fingerprint density at radius 2 is 1.94 bits per heavy atom. The topological polar surface area (TPSA) is 57.6 Å². The van der Waals surface area contributed by atoms with Gasteiger partial charge < -0.3 is 5.11 Å². The molecule has 1 aliphatic heterocycles. The Kier molecular flexibility index (Phi) is 4.38. The average Bonchev–Trinajstić information content (AvgIpc) is 2.76. The van der Waals surface area contributed by atoms with Gasteiger partial charge in [-0.25, -0.2) is 8.42 Å². The summed E-state index contributed by atoms with van der Waals surface area (Å²) in [6.45, 7) is 5.11. The molecule has 4 nitrogen and oxygen atoms in total. The normalized spacial score (nSPS) is 26.4. The van der Waals surface area contributed by atoms with Crippen molar-refractivity contribution in [3.05, 3.63) is 17.0 Å². The zero-order chi connectivity index (χ0) is 13.3. The third kappa shape index (κ3) is 2.91. The molecule has 1 fully saturated rings. The molecule has 1 N–H and O–H groups in total. The molecular weight excluding hydrogens is 290 g/mol. The summed E-state index contributed by atoms with van der Waals surface area (Å²) in [6.07, 6.45) is 0. The number of nitrogens with zero attached hydrogens (tertiary/aromatic N) is 1. The van der Waals surface area contributed by atoms with E-state index in [2.05, 4.69) is 13.8 Å². The van der Waals surface area contributed by atoms with E-state index in [0.29, 0.717) is 32.7 Å². The fourth-order valence-corrected chi connectivity index (χ4v) is 6.54. The second kappa shape index (κ2) is 5.50. The zero-order valence-corrected chi connectivity index (χ0v) is 12.8. The van der Waals surface area contributed by atoms with Crippen LogP contribution in [0.4, 0.5) is 0 Å². The number of aliphatic hydroxyl groups excluding tert-OH is 1. The van der Waals surface area contributed by atoms with E-state index >= 15 is 0 Å². The van der Waals surface area contributed by atoms with Gasteiger partial charge in [0.25, 0.3) is 10.0 Å². The Bertz CT molecular complexity index is 501. The van der Waals surface area contributed by atoms with Crippen LogP contribution in [0.15, 0.2) is 16.3 Å². The number of aliphatic hydroxyl groups is 1. The standard InChI is InChI=1S/C11H17NO3S3/c1-8-5-12(6-9(2)16-8)18(14,15)11-4-3-10(7-13)17-11/h3-4,8-9,13H,5-7H2,1-2H3. The summed E-state index contributed by atoms with van der Waals surface area (Å²) in [5, 5.41) is 9.65. The second-order valence-electron chi connectivity index (χ2n) is 4.46. The molecule has 1 aromatic rings. The van der Waals surface area contributed by atoms with E-state index in [9.17, 15) is 8.42 Å². The van der Waals surface area contributed by atoms with Crippen LogP contribution in [0, 0.1) is 0 Å². The third-order valence-electron chi connectivity index (χ3n) is 2.77. The Hall–Kier alpha value is -0.0800. The molecule has 0 aliphatic carbocycles. The van der Waals surface area contributed by atoms with Crippen molar-refractivity contribution in [2.24, 2.45) is 0 Å². The van der Waals surface area contributed by atoms with Gasteiger partial charge in [-0.15, -0.1) is 11.3 Å². The number of hydrogen-bond acceptors (Lipinski definition) is 5. The molecule has 0 radical (unpaired) electrons. The average molecular weight is 307 g/mol. The highest BCUT2D eigenvalue weighted by Gasteiger charge is 2.32. The van der Waals surface area contributed by atoms with Crippen LogP contribution in [0.3, 0.4) is 0 Å². The van der Waals surface area contributed by atoms with Crippen LogP contribution in [-0.2, 0) is 16.6 Å². The van der Waals surface area contributed by atoms with Crippen LogP contribution in [0.2, 0.25) is 0 Å². The summed E-state index contributed by atoms with van der Waals surface area (Å²) in [6, 6.07) is 3.26. The molecule has 18 heavy (non-hydrogen) atoms. The molecule has 1 aromatic heterocycles. The van der Waals surface area contributed by atoms with Crippen molar-refractivity contribution < 1.29 is 13.5 Å². The van der Waals surface area contributed by atoms with Crippen molar-refractivity contribution in [1.82, 2.24) is 4.31 Å². The fraction of sp³-hybridized carbons (Fsp3) is 0.636. The van der Waals surface area contributed by atoms with E-state index < -0.39 is 10.0 Å². The molecule has 0 spiro atoms. The smallest absolute Gasteiger partial charge is 0.252 e. The van der Waals surface area contributed by atoms with Crippen molar-refractivity contribution in [3.63, 3.8) is 0 Å². The number of sulfonamides is 1. The molecule has 2 atom stereocenters. The van der Waals surface area contributed by atoms with Crippen molar-refractivity contribution >= 4 is 33.1 Å². The first-order valence-corrected chi connectivity index (χ1v) is 8.98. The minimum absolute atomic E-state index is 0.108. The molecule has 0 amide bonds. The van der Waals surface area contributed by atoms with E-state index in [1.54, 1.807) is 16.4 Å². The van der Waals surface area contributed by atoms with E-state index in [-0.39, 0.29) is 6.61 Å². The summed E-state index contributed by atoms with van der Waals surface area (Å²) in [5.74, 6) is 0. The fourth-order valence-electron chi connectivity index (χ4n) is 2.04. The molecule has 0 bridgehead atoms. The van der Waals surface area contributed by atoms with Gasteiger partial charge in [0.05, 0.1) is 6.61 Å². The maximum absolute atomic E-state index is 12.5. The molecule has 2 rings (SSSR count). The molecule has 102 valence electrons. The summed E-state index contributed by atoms with van der Waals surface area (Å²) >= 11 is 2.97. The van der Waals surface area contributed by atoms with Gasteiger partial charge in [0.1, 0.15) is 4.21 Å². The maximum atomic E-state index is 12.5. The van der Waals surface area contributed by atoms with Crippen molar-refractivity contribution in [3.8, 4) is 0 Å². The maximum Gasteiger partial charge on any atom is 0.252 e. The van der Waals surface area contributed by atoms with Crippen LogP contribution in [0.5, 0.6) is 0 Å². The van der Waals surface area contributed by atoms with E-state index in [4.69, 9.17) is 5.11 Å². The largest absolute Gasteiger partial charge is 0.391 e. The van der Waals surface area contributed by atoms with Gasteiger partial charge in [0.15, 0.2) is 0 Å². The highest BCUT2D eigenvalue weighted by molar-refractivity contribution is 8.00. The minimum atomic E-state index is -3.39. The number of hydrogen-bond donors (Lipinski definition) is 1. The van der Waals surface area contributed by atoms with Crippen LogP contribution >= 0.6 is 23.1 Å². The van der Waals surface area contributed by atoms with Gasteiger partial charge in [-0.1, -0.05) is 13.8 Å². The molecule has 0 aromatic carbocycles. The van der Waals surface area contributed by atoms with E-state index in [1.807, 2.05) is 11.8 Å². The van der Waals surface area contributed by atoms with Crippen molar-refractivity contribution in [2.75, 3.05) is 13.1 Å². The molecule has 7 heteroatoms. The summed E-state index contributed by atoms with van der Waals surface area (Å²) in [5.41, 5.74) is 0. The molecule has 0 saturated carbocycles. The van der Waals surface area contributed by atoms with Crippen molar-refractivity contribution in [2.45, 2.75) is 35.2 Å². The lowest BCUT2D eigenvalue weighted by atomic mass is 10.4. The lowest BCUT2D eigenvalue weighted by molar-refractivity contribution is 0.285. The Morgan fingerprint density at radius 3 is 2.44 bits per heavy atom. The highest BCUT2D eigenvalue weighted by atomic mass is 32.2. The Labute approximate surface area is 116 Å². The molecular formula is C11H17NO3S3. The monoisotopic (exact) mass is 307 g/mol. The summed E-state index contributed by atoms with van der Waals surface area (Å²) < 4.78 is 26.8. The lowest BCUT2D eigenvalue weighted by Gasteiger charge is -2.33. The minimum Gasteiger partial charge on any atom is -0.391 e. The predicted octanol–water partition coefficient (Wildman–Crippen LogP) is 1.75. The Balaban J connectivity index is 2.25. The zero-order valence-electron chi connectivity index (χ0n) is 10.4. The van der Waals surface area contributed by atoms with E-state index in [0.717, 1.165) is 11.3 Å². The number of thioether (sulfide) groups is 1. The number of rotatable bonds is 3.